The van der Waals surface area contributed by atoms with Crippen LogP contribution in [0.3, 0.4) is 0 Å². The smallest absolute Gasteiger partial charge is 0.243 e. The zero-order valence-corrected chi connectivity index (χ0v) is 18.3. The summed E-state index contributed by atoms with van der Waals surface area (Å²) in [5.74, 6) is 0.332. The van der Waals surface area contributed by atoms with Gasteiger partial charge < -0.3 is 10.1 Å². The Hall–Kier alpha value is -2.38. The molecule has 0 radical (unpaired) electrons. The van der Waals surface area contributed by atoms with Crippen molar-refractivity contribution in [3.8, 4) is 5.75 Å². The van der Waals surface area contributed by atoms with Gasteiger partial charge in [0.1, 0.15) is 5.75 Å². The molecular weight excluding hydrogens is 388 g/mol. The highest BCUT2D eigenvalue weighted by Gasteiger charge is 2.24. The standard InChI is InChI=1S/C22H30N2O4S/c1-5-28-21-14-13-20(15-17(21)2)29(26,27)24(4)16-22(25)23-18(3)11-12-19-9-7-6-8-10-19/h6-10,13-15,18H,5,11-12,16H2,1-4H3,(H,23,25)/t18-/m1/s1. The van der Waals surface area contributed by atoms with Crippen LogP contribution < -0.4 is 10.1 Å². The Kier molecular flexibility index (Phi) is 8.22. The lowest BCUT2D eigenvalue weighted by Crippen LogP contribution is -2.41. The Labute approximate surface area is 173 Å². The second kappa shape index (κ2) is 10.4. The fourth-order valence-electron chi connectivity index (χ4n) is 2.99. The molecule has 0 saturated heterocycles. The number of likely N-dealkylation sites (N-methyl/N-ethyl adjacent to an activating group) is 1. The van der Waals surface area contributed by atoms with Crippen molar-refractivity contribution in [1.82, 2.24) is 9.62 Å². The van der Waals surface area contributed by atoms with Crippen molar-refractivity contribution in [3.05, 3.63) is 59.7 Å². The van der Waals surface area contributed by atoms with Crippen molar-refractivity contribution < 1.29 is 17.9 Å². The molecule has 0 saturated carbocycles. The maximum absolute atomic E-state index is 12.8. The molecule has 0 bridgehead atoms. The third kappa shape index (κ3) is 6.58. The lowest BCUT2D eigenvalue weighted by atomic mass is 10.1. The van der Waals surface area contributed by atoms with Gasteiger partial charge in [-0.15, -0.1) is 0 Å². The van der Waals surface area contributed by atoms with Crippen LogP contribution in [0.15, 0.2) is 53.4 Å². The fraction of sp³-hybridized carbons (Fsp3) is 0.409. The van der Waals surface area contributed by atoms with Crippen LogP contribution in [-0.4, -0.2) is 44.9 Å². The summed E-state index contributed by atoms with van der Waals surface area (Å²) in [7, 11) is -2.35. The van der Waals surface area contributed by atoms with E-state index < -0.39 is 10.0 Å². The summed E-state index contributed by atoms with van der Waals surface area (Å²) in [6, 6.07) is 14.7. The highest BCUT2D eigenvalue weighted by molar-refractivity contribution is 7.89. The fourth-order valence-corrected chi connectivity index (χ4v) is 4.20. The normalized spacial score (nSPS) is 12.6. The second-order valence-electron chi connectivity index (χ2n) is 7.11. The molecule has 0 fully saturated rings. The molecule has 2 rings (SSSR count). The van der Waals surface area contributed by atoms with Crippen molar-refractivity contribution in [2.24, 2.45) is 0 Å². The molecule has 1 amide bonds. The van der Waals surface area contributed by atoms with E-state index in [-0.39, 0.29) is 23.4 Å². The molecule has 1 N–H and O–H groups in total. The van der Waals surface area contributed by atoms with E-state index in [2.05, 4.69) is 5.32 Å². The van der Waals surface area contributed by atoms with E-state index in [9.17, 15) is 13.2 Å². The summed E-state index contributed by atoms with van der Waals surface area (Å²) < 4.78 is 32.1. The molecule has 7 heteroatoms. The minimum Gasteiger partial charge on any atom is -0.494 e. The number of benzene rings is 2. The number of hydrogen-bond donors (Lipinski definition) is 1. The van der Waals surface area contributed by atoms with Gasteiger partial charge in [0, 0.05) is 13.1 Å². The van der Waals surface area contributed by atoms with Crippen molar-refractivity contribution in [2.75, 3.05) is 20.2 Å². The molecule has 0 heterocycles. The van der Waals surface area contributed by atoms with Crippen molar-refractivity contribution in [3.63, 3.8) is 0 Å². The SMILES string of the molecule is CCOc1ccc(S(=O)(=O)N(C)CC(=O)N[C@H](C)CCc2ccccc2)cc1C. The summed E-state index contributed by atoms with van der Waals surface area (Å²) in [4.78, 5) is 12.5. The molecule has 0 unspecified atom stereocenters. The average molecular weight is 419 g/mol. The van der Waals surface area contributed by atoms with E-state index in [4.69, 9.17) is 4.74 Å². The Morgan fingerprint density at radius 1 is 1.17 bits per heavy atom. The molecule has 6 nitrogen and oxygen atoms in total. The van der Waals surface area contributed by atoms with Gasteiger partial charge in [-0.2, -0.15) is 4.31 Å². The van der Waals surface area contributed by atoms with Gasteiger partial charge in [0.25, 0.3) is 0 Å². The molecule has 158 valence electrons. The Morgan fingerprint density at radius 3 is 2.48 bits per heavy atom. The van der Waals surface area contributed by atoms with Gasteiger partial charge in [0.05, 0.1) is 18.0 Å². The van der Waals surface area contributed by atoms with Crippen LogP contribution in [0.1, 0.15) is 31.4 Å². The molecule has 0 spiro atoms. The average Bonchev–Trinajstić information content (AvgIpc) is 2.68. The van der Waals surface area contributed by atoms with Crippen LogP contribution in [-0.2, 0) is 21.2 Å². The molecule has 2 aromatic rings. The number of carbonyl (C=O) groups is 1. The van der Waals surface area contributed by atoms with E-state index >= 15 is 0 Å². The van der Waals surface area contributed by atoms with E-state index in [1.165, 1.54) is 18.7 Å². The van der Waals surface area contributed by atoms with Crippen LogP contribution >= 0.6 is 0 Å². The van der Waals surface area contributed by atoms with Crippen molar-refractivity contribution in [2.45, 2.75) is 44.6 Å². The molecule has 29 heavy (non-hydrogen) atoms. The predicted molar refractivity (Wildman–Crippen MR) is 115 cm³/mol. The van der Waals surface area contributed by atoms with Crippen LogP contribution in [0.25, 0.3) is 0 Å². The zero-order chi connectivity index (χ0) is 21.4. The number of sulfonamides is 1. The third-order valence-corrected chi connectivity index (χ3v) is 6.44. The Balaban J connectivity index is 1.92. The first-order valence-electron chi connectivity index (χ1n) is 9.77. The first-order valence-corrected chi connectivity index (χ1v) is 11.2. The van der Waals surface area contributed by atoms with Gasteiger partial charge in [-0.25, -0.2) is 8.42 Å². The first kappa shape index (κ1) is 22.9. The van der Waals surface area contributed by atoms with Gasteiger partial charge >= 0.3 is 0 Å². The van der Waals surface area contributed by atoms with Crippen LogP contribution in [0.4, 0.5) is 0 Å². The summed E-state index contributed by atoms with van der Waals surface area (Å²) >= 11 is 0. The first-order chi connectivity index (χ1) is 13.7. The Bertz CT molecular complexity index is 914. The summed E-state index contributed by atoms with van der Waals surface area (Å²) in [6.45, 7) is 5.87. The minimum absolute atomic E-state index is 0.0495. The molecule has 0 aromatic heterocycles. The second-order valence-corrected chi connectivity index (χ2v) is 9.16. The molecule has 0 aliphatic rings. The van der Waals surface area contributed by atoms with E-state index in [0.717, 1.165) is 22.7 Å². The largest absolute Gasteiger partial charge is 0.494 e. The maximum atomic E-state index is 12.8. The summed E-state index contributed by atoms with van der Waals surface area (Å²) in [5, 5.41) is 2.88. The number of hydrogen-bond acceptors (Lipinski definition) is 4. The Morgan fingerprint density at radius 2 is 1.86 bits per heavy atom. The summed E-state index contributed by atoms with van der Waals surface area (Å²) in [5.41, 5.74) is 1.94. The van der Waals surface area contributed by atoms with E-state index in [0.29, 0.717) is 12.4 Å². The lowest BCUT2D eigenvalue weighted by molar-refractivity contribution is -0.121. The highest BCUT2D eigenvalue weighted by atomic mass is 32.2. The highest BCUT2D eigenvalue weighted by Crippen LogP contribution is 2.23. The maximum Gasteiger partial charge on any atom is 0.243 e. The van der Waals surface area contributed by atoms with E-state index in [1.54, 1.807) is 19.1 Å². The van der Waals surface area contributed by atoms with Crippen molar-refractivity contribution >= 4 is 15.9 Å². The van der Waals surface area contributed by atoms with Gasteiger partial charge in [0.2, 0.25) is 15.9 Å². The molecule has 0 aliphatic carbocycles. The molecule has 1 atom stereocenters. The molecule has 2 aromatic carbocycles. The molecule has 0 aliphatic heterocycles. The number of rotatable bonds is 10. The van der Waals surface area contributed by atoms with Gasteiger partial charge in [-0.3, -0.25) is 4.79 Å². The predicted octanol–water partition coefficient (Wildman–Crippen LogP) is 3.15. The quantitative estimate of drug-likeness (QED) is 0.643. The van der Waals surface area contributed by atoms with Gasteiger partial charge in [0.15, 0.2) is 0 Å². The molecular formula is C22H30N2O4S. The van der Waals surface area contributed by atoms with Crippen LogP contribution in [0.2, 0.25) is 0 Å². The topological polar surface area (TPSA) is 75.7 Å². The number of nitrogens with one attached hydrogen (secondary N) is 1. The van der Waals surface area contributed by atoms with Gasteiger partial charge in [-0.05, 0) is 62.9 Å². The van der Waals surface area contributed by atoms with Gasteiger partial charge in [-0.1, -0.05) is 30.3 Å². The third-order valence-electron chi connectivity index (χ3n) is 4.64. The number of ether oxygens (including phenoxy) is 1. The lowest BCUT2D eigenvalue weighted by Gasteiger charge is -2.20. The van der Waals surface area contributed by atoms with Crippen LogP contribution in [0, 0.1) is 6.92 Å². The number of carbonyl (C=O) groups excluding carboxylic acids is 1. The number of nitrogens with zero attached hydrogens (tertiary/aromatic N) is 1. The number of aryl methyl sites for hydroxylation is 2. The van der Waals surface area contributed by atoms with E-state index in [1.807, 2.05) is 44.2 Å². The number of amides is 1. The monoisotopic (exact) mass is 418 g/mol. The van der Waals surface area contributed by atoms with Crippen LogP contribution in [0.5, 0.6) is 5.75 Å². The van der Waals surface area contributed by atoms with Crippen molar-refractivity contribution in [1.29, 1.82) is 0 Å². The minimum atomic E-state index is -3.76. The summed E-state index contributed by atoms with van der Waals surface area (Å²) in [6.07, 6.45) is 1.63. The zero-order valence-electron chi connectivity index (χ0n) is 17.5.